The molecule has 0 aliphatic rings. The van der Waals surface area contributed by atoms with Crippen LogP contribution in [0.4, 0.5) is 5.69 Å². The van der Waals surface area contributed by atoms with Crippen LogP contribution in [-0.2, 0) is 10.0 Å². The van der Waals surface area contributed by atoms with Gasteiger partial charge in [-0.3, -0.25) is 4.72 Å². The number of nitrogens with one attached hydrogen (secondary N) is 1. The fourth-order valence-electron chi connectivity index (χ4n) is 2.35. The Morgan fingerprint density at radius 3 is 2.48 bits per heavy atom. The third kappa shape index (κ3) is 2.93. The Balaban J connectivity index is 2.06. The average Bonchev–Trinajstić information content (AvgIpc) is 2.55. The average molecular weight is 329 g/mol. The molecule has 0 spiro atoms. The predicted octanol–water partition coefficient (Wildman–Crippen LogP) is 3.35. The van der Waals surface area contributed by atoms with Crippen LogP contribution in [0.1, 0.15) is 0 Å². The van der Waals surface area contributed by atoms with Crippen molar-refractivity contribution in [1.29, 1.82) is 0 Å². The van der Waals surface area contributed by atoms with Gasteiger partial charge < -0.3 is 9.84 Å². The van der Waals surface area contributed by atoms with E-state index in [0.717, 1.165) is 0 Å². The van der Waals surface area contributed by atoms with E-state index in [1.165, 1.54) is 19.2 Å². The molecule has 0 atom stereocenters. The number of ether oxygens (including phenoxy) is 1. The summed E-state index contributed by atoms with van der Waals surface area (Å²) in [6, 6.07) is 16.5. The lowest BCUT2D eigenvalue weighted by Gasteiger charge is -2.12. The predicted molar refractivity (Wildman–Crippen MR) is 89.4 cm³/mol. The van der Waals surface area contributed by atoms with E-state index >= 15 is 0 Å². The van der Waals surface area contributed by atoms with Crippen molar-refractivity contribution in [2.24, 2.45) is 0 Å². The molecule has 0 bridgehead atoms. The number of fused-ring (bicyclic) bond motifs is 1. The summed E-state index contributed by atoms with van der Waals surface area (Å²) >= 11 is 0. The summed E-state index contributed by atoms with van der Waals surface area (Å²) in [6.45, 7) is 0. The van der Waals surface area contributed by atoms with E-state index in [1.54, 1.807) is 48.5 Å². The summed E-state index contributed by atoms with van der Waals surface area (Å²) < 4.78 is 32.8. The van der Waals surface area contributed by atoms with Gasteiger partial charge in [-0.15, -0.1) is 0 Å². The molecule has 3 aromatic rings. The largest absolute Gasteiger partial charge is 0.507 e. The number of aromatic hydroxyl groups is 1. The summed E-state index contributed by atoms with van der Waals surface area (Å²) in [6.07, 6.45) is 0. The lowest BCUT2D eigenvalue weighted by molar-refractivity contribution is 0.417. The van der Waals surface area contributed by atoms with Crippen LogP contribution in [-0.4, -0.2) is 20.6 Å². The number of para-hydroxylation sites is 2. The molecular weight excluding hydrogens is 314 g/mol. The molecule has 0 amide bonds. The molecule has 0 radical (unpaired) electrons. The molecule has 0 fully saturated rings. The quantitative estimate of drug-likeness (QED) is 0.769. The number of phenolic OH excluding ortho intramolecular Hbond substituents is 1. The van der Waals surface area contributed by atoms with Gasteiger partial charge in [0, 0.05) is 11.5 Å². The summed E-state index contributed by atoms with van der Waals surface area (Å²) in [7, 11) is -2.38. The molecule has 118 valence electrons. The van der Waals surface area contributed by atoms with Crippen LogP contribution >= 0.6 is 0 Å². The Kier molecular flexibility index (Phi) is 3.83. The molecule has 2 N–H and O–H groups in total. The van der Waals surface area contributed by atoms with Crippen molar-refractivity contribution in [2.45, 2.75) is 4.90 Å². The molecule has 0 aromatic heterocycles. The lowest BCUT2D eigenvalue weighted by atomic mass is 10.1. The Labute approximate surface area is 134 Å². The maximum absolute atomic E-state index is 12.6. The van der Waals surface area contributed by atoms with E-state index in [1.807, 2.05) is 0 Å². The SMILES string of the molecule is COc1ccccc1NS(=O)(=O)c1cc(O)c2ccccc2c1. The molecule has 3 rings (SSSR count). The number of hydrogen-bond acceptors (Lipinski definition) is 4. The zero-order valence-corrected chi connectivity index (χ0v) is 13.2. The van der Waals surface area contributed by atoms with Gasteiger partial charge in [-0.05, 0) is 23.6 Å². The second-order valence-electron chi connectivity index (χ2n) is 4.97. The molecular formula is C17H15NO4S. The van der Waals surface area contributed by atoms with Crippen molar-refractivity contribution in [2.75, 3.05) is 11.8 Å². The van der Waals surface area contributed by atoms with Gasteiger partial charge in [-0.1, -0.05) is 36.4 Å². The van der Waals surface area contributed by atoms with Crippen LogP contribution in [0.3, 0.4) is 0 Å². The van der Waals surface area contributed by atoms with Gasteiger partial charge in [-0.25, -0.2) is 8.42 Å². The van der Waals surface area contributed by atoms with Crippen LogP contribution in [0.15, 0.2) is 65.6 Å². The van der Waals surface area contributed by atoms with Gasteiger partial charge in [-0.2, -0.15) is 0 Å². The topological polar surface area (TPSA) is 75.6 Å². The number of sulfonamides is 1. The summed E-state index contributed by atoms with van der Waals surface area (Å²) in [5.41, 5.74) is 0.336. The van der Waals surface area contributed by atoms with E-state index in [2.05, 4.69) is 4.72 Å². The highest BCUT2D eigenvalue weighted by Crippen LogP contribution is 2.31. The second-order valence-corrected chi connectivity index (χ2v) is 6.65. The smallest absolute Gasteiger partial charge is 0.262 e. The van der Waals surface area contributed by atoms with Crippen LogP contribution in [0.2, 0.25) is 0 Å². The van der Waals surface area contributed by atoms with E-state index in [-0.39, 0.29) is 10.6 Å². The Bertz CT molecular complexity index is 967. The second kappa shape index (κ2) is 5.81. The van der Waals surface area contributed by atoms with Crippen molar-refractivity contribution in [3.8, 4) is 11.5 Å². The number of anilines is 1. The number of hydrogen-bond donors (Lipinski definition) is 2. The third-order valence-electron chi connectivity index (χ3n) is 3.48. The molecule has 0 unspecified atom stereocenters. The molecule has 0 heterocycles. The zero-order chi connectivity index (χ0) is 16.4. The first kappa shape index (κ1) is 15.2. The normalized spacial score (nSPS) is 11.3. The maximum Gasteiger partial charge on any atom is 0.262 e. The van der Waals surface area contributed by atoms with Gasteiger partial charge >= 0.3 is 0 Å². The highest BCUT2D eigenvalue weighted by molar-refractivity contribution is 7.92. The lowest BCUT2D eigenvalue weighted by Crippen LogP contribution is -2.13. The molecule has 0 saturated carbocycles. The fourth-order valence-corrected chi connectivity index (χ4v) is 3.48. The minimum Gasteiger partial charge on any atom is -0.507 e. The Hall–Kier alpha value is -2.73. The number of benzene rings is 3. The van der Waals surface area contributed by atoms with Gasteiger partial charge in [0.2, 0.25) is 0 Å². The standard InChI is InChI=1S/C17H15NO4S/c1-22-17-9-5-4-8-15(17)18-23(20,21)13-10-12-6-2-3-7-14(12)16(19)11-13/h2-11,18-19H,1H3. The zero-order valence-electron chi connectivity index (χ0n) is 12.4. The first-order valence-corrected chi connectivity index (χ1v) is 8.37. The van der Waals surface area contributed by atoms with Gasteiger partial charge in [0.15, 0.2) is 0 Å². The number of methoxy groups -OCH3 is 1. The fraction of sp³-hybridized carbons (Fsp3) is 0.0588. The van der Waals surface area contributed by atoms with Crippen LogP contribution in [0, 0.1) is 0 Å². The molecule has 0 saturated heterocycles. The Morgan fingerprint density at radius 1 is 1.00 bits per heavy atom. The monoisotopic (exact) mass is 329 g/mol. The van der Waals surface area contributed by atoms with Crippen molar-refractivity contribution in [3.63, 3.8) is 0 Å². The van der Waals surface area contributed by atoms with Crippen molar-refractivity contribution in [3.05, 3.63) is 60.7 Å². The summed E-state index contributed by atoms with van der Waals surface area (Å²) in [4.78, 5) is -0.0143. The summed E-state index contributed by atoms with van der Waals surface area (Å²) in [5.74, 6) is 0.338. The highest BCUT2D eigenvalue weighted by Gasteiger charge is 2.18. The van der Waals surface area contributed by atoms with Crippen molar-refractivity contribution >= 4 is 26.5 Å². The first-order valence-electron chi connectivity index (χ1n) is 6.89. The minimum atomic E-state index is -3.85. The van der Waals surface area contributed by atoms with Crippen molar-refractivity contribution in [1.82, 2.24) is 0 Å². The van der Waals surface area contributed by atoms with E-state index in [0.29, 0.717) is 22.2 Å². The van der Waals surface area contributed by atoms with Gasteiger partial charge in [0.25, 0.3) is 10.0 Å². The molecule has 0 aliphatic carbocycles. The molecule has 5 nitrogen and oxygen atoms in total. The molecule has 6 heteroatoms. The van der Waals surface area contributed by atoms with E-state index < -0.39 is 10.0 Å². The van der Waals surface area contributed by atoms with Crippen molar-refractivity contribution < 1.29 is 18.3 Å². The van der Waals surface area contributed by atoms with Crippen LogP contribution in [0.25, 0.3) is 10.8 Å². The number of rotatable bonds is 4. The van der Waals surface area contributed by atoms with Gasteiger partial charge in [0.05, 0.1) is 17.7 Å². The molecule has 23 heavy (non-hydrogen) atoms. The number of phenols is 1. The molecule has 0 aliphatic heterocycles. The highest BCUT2D eigenvalue weighted by atomic mass is 32.2. The first-order chi connectivity index (χ1) is 11.0. The summed E-state index contributed by atoms with van der Waals surface area (Å²) in [5, 5.41) is 11.3. The van der Waals surface area contributed by atoms with Crippen LogP contribution in [0.5, 0.6) is 11.5 Å². The third-order valence-corrected chi connectivity index (χ3v) is 4.82. The van der Waals surface area contributed by atoms with E-state index in [9.17, 15) is 13.5 Å². The van der Waals surface area contributed by atoms with Crippen LogP contribution < -0.4 is 9.46 Å². The van der Waals surface area contributed by atoms with E-state index in [4.69, 9.17) is 4.74 Å². The Morgan fingerprint density at radius 2 is 1.70 bits per heavy atom. The maximum atomic E-state index is 12.6. The van der Waals surface area contributed by atoms with Gasteiger partial charge in [0.1, 0.15) is 11.5 Å². The molecule has 3 aromatic carbocycles. The minimum absolute atomic E-state index is 0.0143.